The molecular weight excluding hydrogens is 378 g/mol. The lowest BCUT2D eigenvalue weighted by Crippen LogP contribution is -2.63. The minimum Gasteiger partial charge on any atom is -0.493 e. The predicted octanol–water partition coefficient (Wildman–Crippen LogP) is 5.30. The Balaban J connectivity index is 1.55. The van der Waals surface area contributed by atoms with Gasteiger partial charge in [-0.3, -0.25) is 0 Å². The summed E-state index contributed by atoms with van der Waals surface area (Å²) in [7, 11) is 3.37. The van der Waals surface area contributed by atoms with Crippen LogP contribution in [0.2, 0.25) is 0 Å². The zero-order valence-corrected chi connectivity index (χ0v) is 17.5. The smallest absolute Gasteiger partial charge is 0.174 e. The van der Waals surface area contributed by atoms with Gasteiger partial charge in [0.15, 0.2) is 11.5 Å². The molecular formula is C21H30BrNO2. The summed E-state index contributed by atoms with van der Waals surface area (Å²) in [5.41, 5.74) is 2.65. The normalized spacial score (nSPS) is 38.8. The van der Waals surface area contributed by atoms with E-state index in [0.29, 0.717) is 16.4 Å². The molecule has 5 rings (SSSR count). The average Bonchev–Trinajstić information content (AvgIpc) is 2.49. The molecule has 138 valence electrons. The Morgan fingerprint density at radius 1 is 1.04 bits per heavy atom. The number of rotatable bonds is 5. The molecule has 0 radical (unpaired) electrons. The number of hydrogen-bond acceptors (Lipinski definition) is 3. The Labute approximate surface area is 160 Å². The standard InChI is InChI=1S/C21H30BrNO2/c1-19-7-15-8-20(2,11-19)13-21(9-15,12-19)23-10-14-5-16(22)18(25-4)17(6-14)24-3/h5-6,15,23H,7-13H2,1-4H3/t15?,19-,20+,21?. The Morgan fingerprint density at radius 2 is 1.72 bits per heavy atom. The van der Waals surface area contributed by atoms with Crippen molar-refractivity contribution in [3.05, 3.63) is 22.2 Å². The SMILES string of the molecule is COc1cc(CNC23CC4C[C@@](C)(C2)C[C@](C)(C4)C3)cc(Br)c1OC. The maximum atomic E-state index is 5.50. The van der Waals surface area contributed by atoms with Crippen LogP contribution in [-0.2, 0) is 6.54 Å². The maximum Gasteiger partial charge on any atom is 0.174 e. The zero-order valence-electron chi connectivity index (χ0n) is 15.9. The van der Waals surface area contributed by atoms with Gasteiger partial charge in [-0.15, -0.1) is 0 Å². The molecule has 4 atom stereocenters. The van der Waals surface area contributed by atoms with Gasteiger partial charge in [0.1, 0.15) is 0 Å². The average molecular weight is 408 g/mol. The summed E-state index contributed by atoms with van der Waals surface area (Å²) < 4.78 is 11.9. The second kappa shape index (κ2) is 5.88. The highest BCUT2D eigenvalue weighted by molar-refractivity contribution is 9.10. The maximum absolute atomic E-state index is 5.50. The summed E-state index contributed by atoms with van der Waals surface area (Å²) in [4.78, 5) is 0. The van der Waals surface area contributed by atoms with Crippen molar-refractivity contribution in [2.45, 2.75) is 64.5 Å². The number of methoxy groups -OCH3 is 2. The number of ether oxygens (including phenoxy) is 2. The second-order valence-electron chi connectivity index (χ2n) is 9.58. The Kier molecular flexibility index (Phi) is 4.16. The fourth-order valence-corrected chi connectivity index (χ4v) is 7.66. The summed E-state index contributed by atoms with van der Waals surface area (Å²) in [6.45, 7) is 5.94. The highest BCUT2D eigenvalue weighted by Gasteiger charge is 2.59. The van der Waals surface area contributed by atoms with E-state index in [9.17, 15) is 0 Å². The molecule has 4 heteroatoms. The molecule has 0 spiro atoms. The van der Waals surface area contributed by atoms with E-state index in [0.717, 1.165) is 28.4 Å². The zero-order chi connectivity index (χ0) is 17.9. The Hall–Kier alpha value is -0.740. The molecule has 3 nitrogen and oxygen atoms in total. The summed E-state index contributed by atoms with van der Waals surface area (Å²) in [6, 6.07) is 4.25. The number of halogens is 1. The second-order valence-corrected chi connectivity index (χ2v) is 10.4. The lowest BCUT2D eigenvalue weighted by molar-refractivity contribution is -0.118. The fourth-order valence-electron chi connectivity index (χ4n) is 7.01. The van der Waals surface area contributed by atoms with Crippen LogP contribution in [0.1, 0.15) is 57.9 Å². The molecule has 4 aliphatic carbocycles. The van der Waals surface area contributed by atoms with E-state index in [1.54, 1.807) is 14.2 Å². The van der Waals surface area contributed by atoms with Crippen molar-refractivity contribution in [1.29, 1.82) is 0 Å². The van der Waals surface area contributed by atoms with Crippen molar-refractivity contribution in [3.63, 3.8) is 0 Å². The van der Waals surface area contributed by atoms with E-state index in [1.165, 1.54) is 44.1 Å². The lowest BCUT2D eigenvalue weighted by atomic mass is 9.43. The monoisotopic (exact) mass is 407 g/mol. The summed E-state index contributed by atoms with van der Waals surface area (Å²) in [5.74, 6) is 2.47. The Morgan fingerprint density at radius 3 is 2.28 bits per heavy atom. The third kappa shape index (κ3) is 3.10. The van der Waals surface area contributed by atoms with Crippen LogP contribution in [0.15, 0.2) is 16.6 Å². The Bertz CT molecular complexity index is 671. The lowest BCUT2D eigenvalue weighted by Gasteiger charge is -2.65. The van der Waals surface area contributed by atoms with E-state index in [1.807, 2.05) is 0 Å². The van der Waals surface area contributed by atoms with Crippen molar-refractivity contribution in [2.24, 2.45) is 16.7 Å². The van der Waals surface area contributed by atoms with Gasteiger partial charge in [0.25, 0.3) is 0 Å². The van der Waals surface area contributed by atoms with Gasteiger partial charge in [-0.1, -0.05) is 13.8 Å². The molecule has 0 amide bonds. The third-order valence-electron chi connectivity index (χ3n) is 6.79. The summed E-state index contributed by atoms with van der Waals surface area (Å²) in [5, 5.41) is 3.99. The largest absolute Gasteiger partial charge is 0.493 e. The van der Waals surface area contributed by atoms with E-state index in [4.69, 9.17) is 9.47 Å². The van der Waals surface area contributed by atoms with Crippen LogP contribution in [0, 0.1) is 16.7 Å². The van der Waals surface area contributed by atoms with Crippen LogP contribution >= 0.6 is 15.9 Å². The molecule has 0 aliphatic heterocycles. The van der Waals surface area contributed by atoms with Gasteiger partial charge in [0.2, 0.25) is 0 Å². The van der Waals surface area contributed by atoms with Crippen molar-refractivity contribution in [2.75, 3.05) is 14.2 Å². The van der Waals surface area contributed by atoms with E-state index in [-0.39, 0.29) is 0 Å². The first-order valence-electron chi connectivity index (χ1n) is 9.43. The van der Waals surface area contributed by atoms with Gasteiger partial charge in [-0.2, -0.15) is 0 Å². The van der Waals surface area contributed by atoms with E-state index < -0.39 is 0 Å². The highest BCUT2D eigenvalue weighted by atomic mass is 79.9. The van der Waals surface area contributed by atoms with Gasteiger partial charge < -0.3 is 14.8 Å². The van der Waals surface area contributed by atoms with Crippen LogP contribution < -0.4 is 14.8 Å². The molecule has 4 saturated carbocycles. The van der Waals surface area contributed by atoms with Crippen molar-refractivity contribution < 1.29 is 9.47 Å². The van der Waals surface area contributed by atoms with Gasteiger partial charge in [-0.05, 0) is 88.9 Å². The fraction of sp³-hybridized carbons (Fsp3) is 0.714. The first-order valence-corrected chi connectivity index (χ1v) is 10.2. The number of benzene rings is 1. The number of nitrogens with one attached hydrogen (secondary N) is 1. The van der Waals surface area contributed by atoms with Crippen LogP contribution in [0.5, 0.6) is 11.5 Å². The quantitative estimate of drug-likeness (QED) is 0.717. The first-order chi connectivity index (χ1) is 11.8. The molecule has 4 aliphatic rings. The van der Waals surface area contributed by atoms with Crippen LogP contribution in [0.3, 0.4) is 0 Å². The van der Waals surface area contributed by atoms with Gasteiger partial charge in [-0.25, -0.2) is 0 Å². The number of hydrogen-bond donors (Lipinski definition) is 1. The molecule has 1 N–H and O–H groups in total. The van der Waals surface area contributed by atoms with Crippen molar-refractivity contribution in [3.8, 4) is 11.5 Å². The van der Waals surface area contributed by atoms with Gasteiger partial charge in [0, 0.05) is 12.1 Å². The molecule has 1 aromatic carbocycles. The molecule has 0 saturated heterocycles. The van der Waals surface area contributed by atoms with Crippen LogP contribution in [0.25, 0.3) is 0 Å². The van der Waals surface area contributed by atoms with E-state index in [2.05, 4.69) is 47.2 Å². The molecule has 25 heavy (non-hydrogen) atoms. The molecule has 0 heterocycles. The minimum atomic E-state index is 0.322. The van der Waals surface area contributed by atoms with Crippen molar-refractivity contribution >= 4 is 15.9 Å². The summed E-state index contributed by atoms with van der Waals surface area (Å²) >= 11 is 3.62. The van der Waals surface area contributed by atoms with Crippen molar-refractivity contribution in [1.82, 2.24) is 5.32 Å². The molecule has 0 aromatic heterocycles. The van der Waals surface area contributed by atoms with Crippen LogP contribution in [0.4, 0.5) is 0 Å². The molecule has 4 fully saturated rings. The molecule has 4 bridgehead atoms. The summed E-state index contributed by atoms with van der Waals surface area (Å²) in [6.07, 6.45) is 8.32. The predicted molar refractivity (Wildman–Crippen MR) is 104 cm³/mol. The van der Waals surface area contributed by atoms with Gasteiger partial charge in [0.05, 0.1) is 18.7 Å². The third-order valence-corrected chi connectivity index (χ3v) is 7.38. The highest BCUT2D eigenvalue weighted by Crippen LogP contribution is 2.66. The van der Waals surface area contributed by atoms with Crippen LogP contribution in [-0.4, -0.2) is 19.8 Å². The van der Waals surface area contributed by atoms with Gasteiger partial charge >= 0.3 is 0 Å². The molecule has 1 aromatic rings. The van der Waals surface area contributed by atoms with E-state index >= 15 is 0 Å². The molecule has 2 unspecified atom stereocenters. The topological polar surface area (TPSA) is 30.5 Å². The first kappa shape index (κ1) is 17.7. The minimum absolute atomic E-state index is 0.322.